The summed E-state index contributed by atoms with van der Waals surface area (Å²) in [6.45, 7) is 0.0316. The number of aromatic nitrogens is 2. The third kappa shape index (κ3) is 3.16. The van der Waals surface area contributed by atoms with E-state index in [-0.39, 0.29) is 23.2 Å². The first-order valence-electron chi connectivity index (χ1n) is 8.47. The Labute approximate surface area is 159 Å². The molecule has 4 rings (SSSR count). The van der Waals surface area contributed by atoms with E-state index in [1.54, 1.807) is 17.9 Å². The lowest BCUT2D eigenvalue weighted by Crippen LogP contribution is -2.29. The van der Waals surface area contributed by atoms with Crippen molar-refractivity contribution < 1.29 is 18.8 Å². The fourth-order valence-corrected chi connectivity index (χ4v) is 3.04. The van der Waals surface area contributed by atoms with Crippen LogP contribution in [0.5, 0.6) is 0 Å². The largest absolute Gasteiger partial charge is 0.319 e. The van der Waals surface area contributed by atoms with Crippen molar-refractivity contribution in [1.29, 1.82) is 0 Å². The van der Waals surface area contributed by atoms with Crippen molar-refractivity contribution in [1.82, 2.24) is 14.7 Å². The van der Waals surface area contributed by atoms with Crippen LogP contribution in [0.3, 0.4) is 0 Å². The van der Waals surface area contributed by atoms with E-state index in [4.69, 9.17) is 0 Å². The zero-order valence-electron chi connectivity index (χ0n) is 14.8. The highest BCUT2D eigenvalue weighted by Gasteiger charge is 2.36. The Hall–Kier alpha value is -3.81. The maximum absolute atomic E-state index is 13.1. The van der Waals surface area contributed by atoms with Gasteiger partial charge in [-0.1, -0.05) is 12.1 Å². The summed E-state index contributed by atoms with van der Waals surface area (Å²) in [5.41, 5.74) is 1.82. The molecule has 0 spiro atoms. The Balaban J connectivity index is 1.56. The van der Waals surface area contributed by atoms with Gasteiger partial charge in [0.15, 0.2) is 0 Å². The van der Waals surface area contributed by atoms with Gasteiger partial charge >= 0.3 is 0 Å². The molecule has 0 unspecified atom stereocenters. The number of benzene rings is 2. The Morgan fingerprint density at radius 3 is 2.46 bits per heavy atom. The lowest BCUT2D eigenvalue weighted by Gasteiger charge is -2.13. The van der Waals surface area contributed by atoms with E-state index in [0.29, 0.717) is 11.3 Å². The number of hydrogen-bond acceptors (Lipinski definition) is 4. The molecule has 2 heterocycles. The van der Waals surface area contributed by atoms with Crippen LogP contribution in [0.15, 0.2) is 54.9 Å². The van der Waals surface area contributed by atoms with E-state index >= 15 is 0 Å². The summed E-state index contributed by atoms with van der Waals surface area (Å²) in [7, 11) is 1.73. The molecular weight excluding hydrogens is 363 g/mol. The molecule has 140 valence electrons. The highest BCUT2D eigenvalue weighted by molar-refractivity contribution is 6.22. The van der Waals surface area contributed by atoms with Gasteiger partial charge in [0.1, 0.15) is 5.82 Å². The summed E-state index contributed by atoms with van der Waals surface area (Å²) in [6.07, 6.45) is 3.15. The third-order valence-corrected chi connectivity index (χ3v) is 4.45. The molecule has 0 bridgehead atoms. The van der Waals surface area contributed by atoms with Gasteiger partial charge < -0.3 is 5.32 Å². The monoisotopic (exact) mass is 378 g/mol. The summed E-state index contributed by atoms with van der Waals surface area (Å²) in [5.74, 6) is -1.73. The van der Waals surface area contributed by atoms with Crippen LogP contribution in [0, 0.1) is 5.82 Å². The average molecular weight is 378 g/mol. The van der Waals surface area contributed by atoms with Crippen molar-refractivity contribution in [3.05, 3.63) is 82.9 Å². The van der Waals surface area contributed by atoms with Crippen LogP contribution < -0.4 is 5.32 Å². The molecule has 1 aromatic heterocycles. The van der Waals surface area contributed by atoms with Crippen molar-refractivity contribution in [3.63, 3.8) is 0 Å². The summed E-state index contributed by atoms with van der Waals surface area (Å²) < 4.78 is 14.6. The smallest absolute Gasteiger partial charge is 0.261 e. The van der Waals surface area contributed by atoms with Gasteiger partial charge in [-0.25, -0.2) is 4.39 Å². The molecule has 0 fully saturated rings. The van der Waals surface area contributed by atoms with E-state index in [2.05, 4.69) is 10.4 Å². The number of amides is 3. The van der Waals surface area contributed by atoms with Gasteiger partial charge in [-0.15, -0.1) is 0 Å². The standard InChI is InChI=1S/C20H15FN4O3/c1-24-11-15(9-22-24)23-18(26)13-4-7-16-17(8-13)20(28)25(19(16)27)10-12-2-5-14(21)6-3-12/h2-9,11H,10H2,1H3,(H,23,26). The second kappa shape index (κ2) is 6.73. The second-order valence-corrected chi connectivity index (χ2v) is 6.44. The molecule has 0 aliphatic carbocycles. The number of carbonyl (C=O) groups excluding carboxylic acids is 3. The number of hydrogen-bond donors (Lipinski definition) is 1. The van der Waals surface area contributed by atoms with Gasteiger partial charge in [0, 0.05) is 18.8 Å². The van der Waals surface area contributed by atoms with E-state index in [9.17, 15) is 18.8 Å². The van der Waals surface area contributed by atoms with Crippen molar-refractivity contribution in [3.8, 4) is 0 Å². The maximum atomic E-state index is 13.1. The molecule has 0 saturated heterocycles. The number of fused-ring (bicyclic) bond motifs is 1. The molecule has 2 aromatic carbocycles. The van der Waals surface area contributed by atoms with Gasteiger partial charge in [-0.3, -0.25) is 24.0 Å². The van der Waals surface area contributed by atoms with Crippen LogP contribution in [0.4, 0.5) is 10.1 Å². The number of carbonyl (C=O) groups is 3. The van der Waals surface area contributed by atoms with Crippen LogP contribution in [0.2, 0.25) is 0 Å². The summed E-state index contributed by atoms with van der Waals surface area (Å²) in [4.78, 5) is 38.8. The minimum absolute atomic E-state index is 0.0316. The van der Waals surface area contributed by atoms with Gasteiger partial charge in [-0.2, -0.15) is 5.10 Å². The Morgan fingerprint density at radius 1 is 1.07 bits per heavy atom. The predicted molar refractivity (Wildman–Crippen MR) is 98.2 cm³/mol. The third-order valence-electron chi connectivity index (χ3n) is 4.45. The summed E-state index contributed by atoms with van der Waals surface area (Å²) >= 11 is 0. The van der Waals surface area contributed by atoms with E-state index in [1.165, 1.54) is 48.7 Å². The first-order chi connectivity index (χ1) is 13.4. The average Bonchev–Trinajstić information content (AvgIpc) is 3.19. The van der Waals surface area contributed by atoms with E-state index < -0.39 is 23.5 Å². The molecular formula is C20H15FN4O3. The molecule has 0 atom stereocenters. The Morgan fingerprint density at radius 2 is 1.79 bits per heavy atom. The maximum Gasteiger partial charge on any atom is 0.261 e. The van der Waals surface area contributed by atoms with Gasteiger partial charge in [0.05, 0.1) is 29.6 Å². The molecule has 28 heavy (non-hydrogen) atoms. The van der Waals surface area contributed by atoms with Crippen LogP contribution in [0.25, 0.3) is 0 Å². The fourth-order valence-electron chi connectivity index (χ4n) is 3.04. The summed E-state index contributed by atoms with van der Waals surface area (Å²) in [5, 5.41) is 6.66. The molecule has 3 amide bonds. The van der Waals surface area contributed by atoms with Crippen molar-refractivity contribution in [2.24, 2.45) is 7.05 Å². The zero-order chi connectivity index (χ0) is 19.8. The Kier molecular flexibility index (Phi) is 4.23. The predicted octanol–water partition coefficient (Wildman–Crippen LogP) is 2.61. The number of anilines is 1. The minimum atomic E-state index is -0.486. The molecule has 1 aliphatic heterocycles. The lowest BCUT2D eigenvalue weighted by atomic mass is 10.1. The Bertz CT molecular complexity index is 1100. The quantitative estimate of drug-likeness (QED) is 0.708. The molecule has 0 saturated carbocycles. The first-order valence-corrected chi connectivity index (χ1v) is 8.47. The highest BCUT2D eigenvalue weighted by Crippen LogP contribution is 2.26. The molecule has 0 radical (unpaired) electrons. The molecule has 3 aromatic rings. The molecule has 7 nitrogen and oxygen atoms in total. The van der Waals surface area contributed by atoms with Crippen molar-refractivity contribution >= 4 is 23.4 Å². The lowest BCUT2D eigenvalue weighted by molar-refractivity contribution is 0.0642. The number of halogens is 1. The molecule has 1 aliphatic rings. The normalized spacial score (nSPS) is 13.0. The first kappa shape index (κ1) is 17.6. The molecule has 8 heteroatoms. The number of nitrogens with zero attached hydrogens (tertiary/aromatic N) is 3. The van der Waals surface area contributed by atoms with Gasteiger partial charge in [-0.05, 0) is 35.9 Å². The van der Waals surface area contributed by atoms with Gasteiger partial charge in [0.25, 0.3) is 17.7 Å². The van der Waals surface area contributed by atoms with E-state index in [1.807, 2.05) is 0 Å². The molecule has 1 N–H and O–H groups in total. The number of imide groups is 1. The summed E-state index contributed by atoms with van der Waals surface area (Å²) in [6, 6.07) is 9.96. The highest BCUT2D eigenvalue weighted by atomic mass is 19.1. The number of nitrogens with one attached hydrogen (secondary N) is 1. The van der Waals surface area contributed by atoms with E-state index in [0.717, 1.165) is 4.90 Å². The van der Waals surface area contributed by atoms with Crippen LogP contribution in [-0.4, -0.2) is 32.4 Å². The van der Waals surface area contributed by atoms with Crippen LogP contribution >= 0.6 is 0 Å². The SMILES string of the molecule is Cn1cc(NC(=O)c2ccc3c(c2)C(=O)N(Cc2ccc(F)cc2)C3=O)cn1. The van der Waals surface area contributed by atoms with Crippen molar-refractivity contribution in [2.75, 3.05) is 5.32 Å². The number of aryl methyl sites for hydroxylation is 1. The number of rotatable bonds is 4. The topological polar surface area (TPSA) is 84.3 Å². The fraction of sp³-hybridized carbons (Fsp3) is 0.100. The van der Waals surface area contributed by atoms with Crippen LogP contribution in [-0.2, 0) is 13.6 Å². The second-order valence-electron chi connectivity index (χ2n) is 6.44. The van der Waals surface area contributed by atoms with Crippen molar-refractivity contribution in [2.45, 2.75) is 6.54 Å². The van der Waals surface area contributed by atoms with Gasteiger partial charge in [0.2, 0.25) is 0 Å². The minimum Gasteiger partial charge on any atom is -0.319 e. The zero-order valence-corrected chi connectivity index (χ0v) is 14.8. The van der Waals surface area contributed by atoms with Crippen LogP contribution in [0.1, 0.15) is 36.6 Å².